The number of aryl methyl sites for hydroxylation is 1. The maximum atomic E-state index is 5.84. The summed E-state index contributed by atoms with van der Waals surface area (Å²) in [5.74, 6) is 2.29. The lowest BCUT2D eigenvalue weighted by atomic mass is 10.2. The van der Waals surface area contributed by atoms with Crippen molar-refractivity contribution in [1.29, 1.82) is 0 Å². The zero-order chi connectivity index (χ0) is 13.0. The van der Waals surface area contributed by atoms with Gasteiger partial charge in [-0.05, 0) is 12.8 Å². The summed E-state index contributed by atoms with van der Waals surface area (Å²) in [6.07, 6.45) is 3.15. The number of aromatic nitrogens is 2. The monoisotopic (exact) mass is 250 g/mol. The van der Waals surface area contributed by atoms with Crippen molar-refractivity contribution in [1.82, 2.24) is 9.97 Å². The Hall–Kier alpha value is -1.36. The first kappa shape index (κ1) is 13.1. The maximum Gasteiger partial charge on any atom is 0.134 e. The van der Waals surface area contributed by atoms with Crippen molar-refractivity contribution >= 4 is 11.6 Å². The minimum atomic E-state index is 0.286. The van der Waals surface area contributed by atoms with Crippen molar-refractivity contribution in [2.24, 2.45) is 0 Å². The minimum Gasteiger partial charge on any atom is -0.384 e. The molecule has 5 heteroatoms. The molecule has 2 N–H and O–H groups in total. The average Bonchev–Trinajstić information content (AvgIpc) is 2.63. The highest BCUT2D eigenvalue weighted by molar-refractivity contribution is 5.47. The van der Waals surface area contributed by atoms with E-state index in [-0.39, 0.29) is 6.10 Å². The average molecular weight is 250 g/mol. The van der Waals surface area contributed by atoms with E-state index in [2.05, 4.69) is 21.8 Å². The zero-order valence-corrected chi connectivity index (χ0v) is 11.2. The van der Waals surface area contributed by atoms with E-state index in [0.29, 0.717) is 5.82 Å². The Balaban J connectivity index is 2.20. The third-order valence-corrected chi connectivity index (χ3v) is 3.22. The first-order valence-corrected chi connectivity index (χ1v) is 6.73. The van der Waals surface area contributed by atoms with Gasteiger partial charge >= 0.3 is 0 Å². The number of nitrogens with two attached hydrogens (primary N) is 1. The molecule has 1 saturated heterocycles. The van der Waals surface area contributed by atoms with Gasteiger partial charge in [-0.3, -0.25) is 0 Å². The summed E-state index contributed by atoms with van der Waals surface area (Å²) in [4.78, 5) is 11.0. The number of hydrogen-bond acceptors (Lipinski definition) is 5. The number of hydrogen-bond donors (Lipinski definition) is 1. The quantitative estimate of drug-likeness (QED) is 0.883. The molecule has 100 valence electrons. The lowest BCUT2D eigenvalue weighted by Crippen LogP contribution is -2.32. The van der Waals surface area contributed by atoms with Crippen molar-refractivity contribution in [3.05, 3.63) is 11.9 Å². The van der Waals surface area contributed by atoms with E-state index < -0.39 is 0 Å². The van der Waals surface area contributed by atoms with Gasteiger partial charge in [-0.2, -0.15) is 0 Å². The fourth-order valence-electron chi connectivity index (χ4n) is 2.17. The molecule has 0 bridgehead atoms. The largest absolute Gasteiger partial charge is 0.384 e. The van der Waals surface area contributed by atoms with Crippen LogP contribution in [0.4, 0.5) is 11.6 Å². The normalized spacial score (nSPS) is 20.8. The highest BCUT2D eigenvalue weighted by atomic mass is 16.5. The van der Waals surface area contributed by atoms with Crippen molar-refractivity contribution in [3.63, 3.8) is 0 Å². The predicted octanol–water partition coefficient (Wildman–Crippen LogP) is 1.63. The summed E-state index contributed by atoms with van der Waals surface area (Å²) in [7, 11) is 0. The maximum absolute atomic E-state index is 5.84. The molecular formula is C13H22N4O. The van der Waals surface area contributed by atoms with Crippen molar-refractivity contribution in [2.45, 2.75) is 39.2 Å². The van der Waals surface area contributed by atoms with Crippen LogP contribution in [0.1, 0.15) is 32.5 Å². The Morgan fingerprint density at radius 2 is 2.28 bits per heavy atom. The molecule has 1 unspecified atom stereocenters. The standard InChI is InChI=1S/C13H22N4O/c1-3-10-9-17(6-5-7-18-10)13-8-11(14)15-12(4-2)16-13/h8,10H,3-7,9H2,1-2H3,(H2,14,15,16). The Kier molecular flexibility index (Phi) is 4.36. The van der Waals surface area contributed by atoms with Crippen LogP contribution < -0.4 is 10.6 Å². The Morgan fingerprint density at radius 3 is 3.00 bits per heavy atom. The number of anilines is 2. The van der Waals surface area contributed by atoms with E-state index in [1.807, 2.05) is 13.0 Å². The molecule has 18 heavy (non-hydrogen) atoms. The fraction of sp³-hybridized carbons (Fsp3) is 0.692. The molecule has 1 aromatic heterocycles. The van der Waals surface area contributed by atoms with E-state index in [1.165, 1.54) is 0 Å². The van der Waals surface area contributed by atoms with Gasteiger partial charge in [0.1, 0.15) is 17.5 Å². The molecule has 0 spiro atoms. The van der Waals surface area contributed by atoms with E-state index in [4.69, 9.17) is 10.5 Å². The Bertz CT molecular complexity index is 397. The highest BCUT2D eigenvalue weighted by Crippen LogP contribution is 2.18. The summed E-state index contributed by atoms with van der Waals surface area (Å²) in [5, 5.41) is 0. The lowest BCUT2D eigenvalue weighted by Gasteiger charge is -2.24. The van der Waals surface area contributed by atoms with Gasteiger partial charge in [0.25, 0.3) is 0 Å². The van der Waals surface area contributed by atoms with Gasteiger partial charge in [0.05, 0.1) is 6.10 Å². The summed E-state index contributed by atoms with van der Waals surface area (Å²) in [6.45, 7) is 6.88. The first-order valence-electron chi connectivity index (χ1n) is 6.73. The van der Waals surface area contributed by atoms with E-state index >= 15 is 0 Å². The molecule has 0 saturated carbocycles. The first-order chi connectivity index (χ1) is 8.72. The van der Waals surface area contributed by atoms with Crippen LogP contribution in [0.2, 0.25) is 0 Å². The molecule has 1 atom stereocenters. The van der Waals surface area contributed by atoms with Crippen LogP contribution in [0.5, 0.6) is 0 Å². The second kappa shape index (κ2) is 6.00. The van der Waals surface area contributed by atoms with Crippen LogP contribution in [0, 0.1) is 0 Å². The smallest absolute Gasteiger partial charge is 0.134 e. The van der Waals surface area contributed by atoms with Gasteiger partial charge in [0, 0.05) is 32.2 Å². The van der Waals surface area contributed by atoms with Crippen LogP contribution in [0.3, 0.4) is 0 Å². The zero-order valence-electron chi connectivity index (χ0n) is 11.2. The Labute approximate surface area is 108 Å². The number of ether oxygens (including phenoxy) is 1. The molecule has 2 heterocycles. The minimum absolute atomic E-state index is 0.286. The summed E-state index contributed by atoms with van der Waals surface area (Å²) < 4.78 is 5.77. The van der Waals surface area contributed by atoms with Gasteiger partial charge < -0.3 is 15.4 Å². The number of nitrogen functional groups attached to an aromatic ring is 1. The van der Waals surface area contributed by atoms with Crippen molar-refractivity contribution in [2.75, 3.05) is 30.3 Å². The van der Waals surface area contributed by atoms with Gasteiger partial charge in [-0.25, -0.2) is 9.97 Å². The third-order valence-electron chi connectivity index (χ3n) is 3.22. The molecule has 1 aliphatic heterocycles. The van der Waals surface area contributed by atoms with Crippen molar-refractivity contribution < 1.29 is 4.74 Å². The van der Waals surface area contributed by atoms with E-state index in [0.717, 1.165) is 50.6 Å². The van der Waals surface area contributed by atoms with Crippen LogP contribution >= 0.6 is 0 Å². The number of nitrogens with zero attached hydrogens (tertiary/aromatic N) is 3. The summed E-state index contributed by atoms with van der Waals surface area (Å²) in [5.41, 5.74) is 5.84. The third kappa shape index (κ3) is 3.10. The molecule has 1 aromatic rings. The molecule has 0 aliphatic carbocycles. The second-order valence-electron chi connectivity index (χ2n) is 4.62. The number of rotatable bonds is 3. The van der Waals surface area contributed by atoms with Gasteiger partial charge in [0.15, 0.2) is 0 Å². The molecule has 0 aromatic carbocycles. The van der Waals surface area contributed by atoms with E-state index in [9.17, 15) is 0 Å². The fourth-order valence-corrected chi connectivity index (χ4v) is 2.17. The molecule has 2 rings (SSSR count). The molecule has 0 amide bonds. The summed E-state index contributed by atoms with van der Waals surface area (Å²) >= 11 is 0. The molecular weight excluding hydrogens is 228 g/mol. The van der Waals surface area contributed by atoms with E-state index in [1.54, 1.807) is 0 Å². The van der Waals surface area contributed by atoms with Crippen LogP contribution in [0.25, 0.3) is 0 Å². The van der Waals surface area contributed by atoms with Crippen LogP contribution in [-0.4, -0.2) is 35.8 Å². The molecule has 5 nitrogen and oxygen atoms in total. The molecule has 0 radical (unpaired) electrons. The predicted molar refractivity (Wildman–Crippen MR) is 72.7 cm³/mol. The summed E-state index contributed by atoms with van der Waals surface area (Å²) in [6, 6.07) is 1.86. The molecule has 1 aliphatic rings. The SMILES string of the molecule is CCc1nc(N)cc(N2CCCOC(CC)C2)n1. The lowest BCUT2D eigenvalue weighted by molar-refractivity contribution is 0.0664. The molecule has 1 fully saturated rings. The topological polar surface area (TPSA) is 64.3 Å². The van der Waals surface area contributed by atoms with Gasteiger partial charge in [0.2, 0.25) is 0 Å². The van der Waals surface area contributed by atoms with Crippen LogP contribution in [-0.2, 0) is 11.2 Å². The van der Waals surface area contributed by atoms with Gasteiger partial charge in [-0.15, -0.1) is 0 Å². The second-order valence-corrected chi connectivity index (χ2v) is 4.62. The highest BCUT2D eigenvalue weighted by Gasteiger charge is 2.19. The van der Waals surface area contributed by atoms with Gasteiger partial charge in [-0.1, -0.05) is 13.8 Å². The Morgan fingerprint density at radius 1 is 1.44 bits per heavy atom. The van der Waals surface area contributed by atoms with Crippen LogP contribution in [0.15, 0.2) is 6.07 Å². The van der Waals surface area contributed by atoms with Crippen molar-refractivity contribution in [3.8, 4) is 0 Å².